The minimum absolute atomic E-state index is 0.198. The van der Waals surface area contributed by atoms with Crippen LogP contribution in [-0.2, 0) is 11.3 Å². The van der Waals surface area contributed by atoms with Gasteiger partial charge in [0.25, 0.3) is 0 Å². The average Bonchev–Trinajstić information content (AvgIpc) is 2.44. The van der Waals surface area contributed by atoms with E-state index in [1.54, 1.807) is 0 Å². The summed E-state index contributed by atoms with van der Waals surface area (Å²) in [5.74, 6) is 2.64. The maximum absolute atomic E-state index is 11.7. The second-order valence-electron chi connectivity index (χ2n) is 5.55. The molecule has 1 unspecified atom stereocenters. The number of carbonyl (C=O) groups is 1. The quantitative estimate of drug-likeness (QED) is 0.790. The zero-order chi connectivity index (χ0) is 15.1. The third kappa shape index (κ3) is 5.13. The molecule has 112 valence electrons. The van der Waals surface area contributed by atoms with Gasteiger partial charge in [-0.05, 0) is 25.3 Å². The van der Waals surface area contributed by atoms with Crippen LogP contribution in [0.3, 0.4) is 0 Å². The van der Waals surface area contributed by atoms with E-state index in [-0.39, 0.29) is 12.1 Å². The number of benzene rings is 1. The Bertz CT molecular complexity index is 489. The zero-order valence-electron chi connectivity index (χ0n) is 12.3. The van der Waals surface area contributed by atoms with Crippen LogP contribution in [0, 0.1) is 12.3 Å². The zero-order valence-corrected chi connectivity index (χ0v) is 12.3. The number of ether oxygens (including phenoxy) is 1. The molecule has 0 saturated heterocycles. The summed E-state index contributed by atoms with van der Waals surface area (Å²) in [4.78, 5) is 11.7. The van der Waals surface area contributed by atoms with E-state index >= 15 is 0 Å². The van der Waals surface area contributed by atoms with E-state index < -0.39 is 0 Å². The van der Waals surface area contributed by atoms with E-state index in [4.69, 9.17) is 11.2 Å². The van der Waals surface area contributed by atoms with Gasteiger partial charge in [0.2, 0.25) is 0 Å². The number of hydrogen-bond donors (Lipinski definition) is 2. The van der Waals surface area contributed by atoms with Gasteiger partial charge >= 0.3 is 6.09 Å². The maximum Gasteiger partial charge on any atom is 0.407 e. The molecule has 4 nitrogen and oxygen atoms in total. The topological polar surface area (TPSA) is 50.4 Å². The minimum Gasteiger partial charge on any atom is -0.445 e. The van der Waals surface area contributed by atoms with Crippen molar-refractivity contribution in [1.29, 1.82) is 0 Å². The molecule has 0 radical (unpaired) electrons. The number of rotatable bonds is 6. The van der Waals surface area contributed by atoms with E-state index in [0.717, 1.165) is 24.8 Å². The monoisotopic (exact) mass is 286 g/mol. The summed E-state index contributed by atoms with van der Waals surface area (Å²) in [5.41, 5.74) is 0.990. The van der Waals surface area contributed by atoms with E-state index in [9.17, 15) is 4.79 Å². The fraction of sp³-hybridized carbons (Fsp3) is 0.471. The van der Waals surface area contributed by atoms with Gasteiger partial charge in [-0.2, -0.15) is 0 Å². The summed E-state index contributed by atoms with van der Waals surface area (Å²) in [6, 6.07) is 10.6. The molecule has 1 aromatic carbocycles. The first-order valence-electron chi connectivity index (χ1n) is 7.34. The van der Waals surface area contributed by atoms with E-state index in [1.807, 2.05) is 30.3 Å². The standard InChI is InChI=1S/C17H22N2O2/c1-3-7-13(2)18-15-10-16(11-15)19-17(20)21-12-14-8-5-4-6-9-14/h1,4-6,8-9,13,15-16,18H,7,10-12H2,2H3,(H,19,20). The Kier molecular flexibility index (Phi) is 5.65. The molecule has 1 aliphatic rings. The smallest absolute Gasteiger partial charge is 0.407 e. The molecular weight excluding hydrogens is 264 g/mol. The van der Waals surface area contributed by atoms with Crippen molar-refractivity contribution in [3.63, 3.8) is 0 Å². The van der Waals surface area contributed by atoms with Crippen molar-refractivity contribution in [1.82, 2.24) is 10.6 Å². The van der Waals surface area contributed by atoms with Crippen LogP contribution in [0.25, 0.3) is 0 Å². The lowest BCUT2D eigenvalue weighted by Crippen LogP contribution is -2.54. The first-order chi connectivity index (χ1) is 10.2. The predicted octanol–water partition coefficient (Wildman–Crippen LogP) is 2.45. The summed E-state index contributed by atoms with van der Waals surface area (Å²) >= 11 is 0. The molecule has 2 rings (SSSR count). The fourth-order valence-electron chi connectivity index (χ4n) is 2.44. The highest BCUT2D eigenvalue weighted by molar-refractivity contribution is 5.67. The Morgan fingerprint density at radius 3 is 2.76 bits per heavy atom. The van der Waals surface area contributed by atoms with Gasteiger partial charge in [-0.3, -0.25) is 0 Å². The van der Waals surface area contributed by atoms with Gasteiger partial charge < -0.3 is 15.4 Å². The second-order valence-corrected chi connectivity index (χ2v) is 5.55. The fourth-order valence-corrected chi connectivity index (χ4v) is 2.44. The van der Waals surface area contributed by atoms with Crippen molar-refractivity contribution in [3.8, 4) is 12.3 Å². The first kappa shape index (κ1) is 15.4. The van der Waals surface area contributed by atoms with E-state index in [0.29, 0.717) is 18.7 Å². The molecule has 1 fully saturated rings. The van der Waals surface area contributed by atoms with Gasteiger partial charge in [-0.25, -0.2) is 4.79 Å². The molecule has 0 bridgehead atoms. The number of amides is 1. The molecule has 1 saturated carbocycles. The SMILES string of the molecule is C#CCC(C)NC1CC(NC(=O)OCc2ccccc2)C1. The van der Waals surface area contributed by atoms with Gasteiger partial charge in [0, 0.05) is 24.5 Å². The van der Waals surface area contributed by atoms with Crippen LogP contribution in [0.4, 0.5) is 4.79 Å². The molecule has 21 heavy (non-hydrogen) atoms. The molecule has 2 N–H and O–H groups in total. The first-order valence-corrected chi connectivity index (χ1v) is 7.34. The second kappa shape index (κ2) is 7.70. The van der Waals surface area contributed by atoms with Crippen LogP contribution in [0.5, 0.6) is 0 Å². The van der Waals surface area contributed by atoms with Crippen molar-refractivity contribution >= 4 is 6.09 Å². The van der Waals surface area contributed by atoms with Crippen LogP contribution in [0.2, 0.25) is 0 Å². The van der Waals surface area contributed by atoms with E-state index in [2.05, 4.69) is 23.5 Å². The van der Waals surface area contributed by atoms with Gasteiger partial charge in [-0.15, -0.1) is 12.3 Å². The average molecular weight is 286 g/mol. The lowest BCUT2D eigenvalue weighted by Gasteiger charge is -2.37. The van der Waals surface area contributed by atoms with Gasteiger partial charge in [0.1, 0.15) is 6.61 Å². The van der Waals surface area contributed by atoms with Crippen molar-refractivity contribution in [2.24, 2.45) is 0 Å². The third-order valence-corrected chi connectivity index (χ3v) is 3.62. The summed E-state index contributed by atoms with van der Waals surface area (Å²) in [6.07, 6.45) is 7.51. The molecule has 0 heterocycles. The largest absolute Gasteiger partial charge is 0.445 e. The van der Waals surface area contributed by atoms with E-state index in [1.165, 1.54) is 0 Å². The lowest BCUT2D eigenvalue weighted by molar-refractivity contribution is 0.124. The molecular formula is C17H22N2O2. The number of hydrogen-bond acceptors (Lipinski definition) is 3. The molecule has 1 aromatic rings. The minimum atomic E-state index is -0.348. The predicted molar refractivity (Wildman–Crippen MR) is 82.6 cm³/mol. The van der Waals surface area contributed by atoms with Crippen molar-refractivity contribution in [2.75, 3.05) is 0 Å². The Morgan fingerprint density at radius 1 is 1.38 bits per heavy atom. The van der Waals surface area contributed by atoms with Crippen molar-refractivity contribution in [2.45, 2.75) is 50.9 Å². The number of carbonyl (C=O) groups excluding carboxylic acids is 1. The maximum atomic E-state index is 11.7. The number of alkyl carbamates (subject to hydrolysis) is 1. The van der Waals surface area contributed by atoms with Gasteiger partial charge in [0.05, 0.1) is 0 Å². The van der Waals surface area contributed by atoms with Crippen LogP contribution < -0.4 is 10.6 Å². The summed E-state index contributed by atoms with van der Waals surface area (Å²) < 4.78 is 5.19. The highest BCUT2D eigenvalue weighted by Crippen LogP contribution is 2.21. The third-order valence-electron chi connectivity index (χ3n) is 3.62. The Labute approximate surface area is 126 Å². The normalized spacial score (nSPS) is 21.7. The van der Waals surface area contributed by atoms with Crippen molar-refractivity contribution < 1.29 is 9.53 Å². The molecule has 1 amide bonds. The highest BCUT2D eigenvalue weighted by Gasteiger charge is 2.31. The molecule has 1 atom stereocenters. The Hall–Kier alpha value is -1.99. The van der Waals surface area contributed by atoms with Crippen LogP contribution in [0.1, 0.15) is 31.7 Å². The molecule has 4 heteroatoms. The van der Waals surface area contributed by atoms with Crippen LogP contribution >= 0.6 is 0 Å². The van der Waals surface area contributed by atoms with Gasteiger partial charge in [-0.1, -0.05) is 30.3 Å². The van der Waals surface area contributed by atoms with Crippen LogP contribution in [-0.4, -0.2) is 24.2 Å². The van der Waals surface area contributed by atoms with Crippen molar-refractivity contribution in [3.05, 3.63) is 35.9 Å². The molecule has 1 aliphatic carbocycles. The summed E-state index contributed by atoms with van der Waals surface area (Å²) in [7, 11) is 0. The Morgan fingerprint density at radius 2 is 2.10 bits per heavy atom. The number of nitrogens with one attached hydrogen (secondary N) is 2. The molecule has 0 spiro atoms. The molecule has 0 aliphatic heterocycles. The molecule has 0 aromatic heterocycles. The van der Waals surface area contributed by atoms with Gasteiger partial charge in [0.15, 0.2) is 0 Å². The highest BCUT2D eigenvalue weighted by atomic mass is 16.5. The summed E-state index contributed by atoms with van der Waals surface area (Å²) in [5, 5.41) is 6.32. The summed E-state index contributed by atoms with van der Waals surface area (Å²) in [6.45, 7) is 2.38. The lowest BCUT2D eigenvalue weighted by atomic mass is 9.86. The van der Waals surface area contributed by atoms with Crippen LogP contribution in [0.15, 0.2) is 30.3 Å². The number of terminal acetylenes is 1. The Balaban J connectivity index is 1.59.